The summed E-state index contributed by atoms with van der Waals surface area (Å²) in [5.41, 5.74) is 8.04. The van der Waals surface area contributed by atoms with Gasteiger partial charge in [0, 0.05) is 21.9 Å². The van der Waals surface area contributed by atoms with Crippen molar-refractivity contribution in [3.05, 3.63) is 76.8 Å². The van der Waals surface area contributed by atoms with Gasteiger partial charge in [0.05, 0.1) is 6.07 Å². The lowest BCUT2D eigenvalue weighted by molar-refractivity contribution is 0.137. The van der Waals surface area contributed by atoms with E-state index >= 15 is 0 Å². The Hall–Kier alpha value is -2.54. The predicted octanol–water partition coefficient (Wildman–Crippen LogP) is 4.44. The van der Waals surface area contributed by atoms with Crippen LogP contribution in [-0.2, 0) is 0 Å². The number of nitrogens with zero attached hydrogens (tertiary/aromatic N) is 1. The van der Waals surface area contributed by atoms with E-state index in [9.17, 15) is 5.26 Å². The fraction of sp³-hybridized carbons (Fsp3) is 0.150. The molecule has 0 fully saturated rings. The van der Waals surface area contributed by atoms with E-state index in [0.717, 1.165) is 27.6 Å². The summed E-state index contributed by atoms with van der Waals surface area (Å²) >= 11 is 6.42. The van der Waals surface area contributed by atoms with Gasteiger partial charge in [-0.3, -0.25) is 5.73 Å². The molecule has 0 aromatic heterocycles. The first-order valence-electron chi connectivity index (χ1n) is 7.78. The number of hydrogen-bond acceptors (Lipinski definition) is 3. The molecule has 3 atom stereocenters. The van der Waals surface area contributed by atoms with Gasteiger partial charge in [-0.1, -0.05) is 66.2 Å². The van der Waals surface area contributed by atoms with E-state index in [2.05, 4.69) is 6.07 Å². The third kappa shape index (κ3) is 2.24. The topological polar surface area (TPSA) is 59.0 Å². The molecule has 0 aliphatic carbocycles. The molecule has 0 saturated carbocycles. The molecule has 1 heterocycles. The molecule has 3 unspecified atom stereocenters. The molecule has 0 radical (unpaired) electrons. The summed E-state index contributed by atoms with van der Waals surface area (Å²) in [6, 6.07) is 22.0. The van der Waals surface area contributed by atoms with Crippen molar-refractivity contribution in [3.63, 3.8) is 0 Å². The van der Waals surface area contributed by atoms with Crippen molar-refractivity contribution in [3.8, 4) is 11.8 Å². The van der Waals surface area contributed by atoms with Gasteiger partial charge >= 0.3 is 0 Å². The molecule has 3 nitrogen and oxygen atoms in total. The van der Waals surface area contributed by atoms with E-state index in [4.69, 9.17) is 22.1 Å². The quantitative estimate of drug-likeness (QED) is 0.715. The van der Waals surface area contributed by atoms with Gasteiger partial charge < -0.3 is 4.74 Å². The second kappa shape index (κ2) is 5.83. The maximum atomic E-state index is 9.67. The third-order valence-corrected chi connectivity index (χ3v) is 4.95. The zero-order valence-corrected chi connectivity index (χ0v) is 13.6. The van der Waals surface area contributed by atoms with Crippen LogP contribution in [0, 0.1) is 17.2 Å². The van der Waals surface area contributed by atoms with Crippen molar-refractivity contribution in [2.45, 2.75) is 12.1 Å². The lowest BCUT2D eigenvalue weighted by Gasteiger charge is -2.35. The van der Waals surface area contributed by atoms with Crippen LogP contribution < -0.4 is 10.5 Å². The van der Waals surface area contributed by atoms with Crippen LogP contribution in [0.4, 0.5) is 0 Å². The molecule has 24 heavy (non-hydrogen) atoms. The first-order chi connectivity index (χ1) is 11.7. The molecule has 118 valence electrons. The molecule has 3 aromatic rings. The largest absolute Gasteiger partial charge is 0.473 e. The van der Waals surface area contributed by atoms with Gasteiger partial charge in [-0.25, -0.2) is 0 Å². The second-order valence-corrected chi connectivity index (χ2v) is 6.35. The highest BCUT2D eigenvalue weighted by molar-refractivity contribution is 6.31. The Balaban J connectivity index is 2.01. The molecule has 0 saturated heterocycles. The number of fused-ring (bicyclic) bond motifs is 3. The maximum absolute atomic E-state index is 9.67. The minimum Gasteiger partial charge on any atom is -0.473 e. The molecular weight excluding hydrogens is 320 g/mol. The molecule has 4 rings (SSSR count). The van der Waals surface area contributed by atoms with Crippen molar-refractivity contribution in [1.82, 2.24) is 0 Å². The summed E-state index contributed by atoms with van der Waals surface area (Å²) < 4.78 is 5.95. The van der Waals surface area contributed by atoms with Crippen molar-refractivity contribution < 1.29 is 4.74 Å². The summed E-state index contributed by atoms with van der Waals surface area (Å²) in [6.45, 7) is 0. The van der Waals surface area contributed by atoms with E-state index in [-0.39, 0.29) is 5.92 Å². The Morgan fingerprint density at radius 1 is 0.958 bits per heavy atom. The molecule has 0 bridgehead atoms. The smallest absolute Gasteiger partial charge is 0.164 e. The lowest BCUT2D eigenvalue weighted by Crippen LogP contribution is -2.42. The summed E-state index contributed by atoms with van der Waals surface area (Å²) in [7, 11) is 0. The lowest BCUT2D eigenvalue weighted by atomic mass is 9.77. The minimum atomic E-state index is -0.699. The van der Waals surface area contributed by atoms with E-state index in [1.807, 2.05) is 60.7 Å². The van der Waals surface area contributed by atoms with Gasteiger partial charge in [0.2, 0.25) is 0 Å². The summed E-state index contributed by atoms with van der Waals surface area (Å²) in [6.07, 6.45) is -0.699. The molecule has 3 aromatic carbocycles. The number of rotatable bonds is 1. The summed E-state index contributed by atoms with van der Waals surface area (Å²) in [5, 5.41) is 12.4. The standard InChI is InChI=1S/C20H15ClN2O/c21-17-8-4-3-7-14(17)18-15-10-9-12-5-1-2-6-13(12)19(15)24-20(23)16(18)11-22/h1-10,16,18,20H,23H2. The molecule has 2 N–H and O–H groups in total. The van der Waals surface area contributed by atoms with Crippen molar-refractivity contribution in [1.29, 1.82) is 5.26 Å². The minimum absolute atomic E-state index is 0.216. The van der Waals surface area contributed by atoms with Crippen LogP contribution in [0.25, 0.3) is 10.8 Å². The SMILES string of the molecule is N#CC1C(N)Oc2c(ccc3ccccc23)C1c1ccccc1Cl. The Morgan fingerprint density at radius 3 is 2.50 bits per heavy atom. The predicted molar refractivity (Wildman–Crippen MR) is 94.9 cm³/mol. The van der Waals surface area contributed by atoms with E-state index in [1.54, 1.807) is 0 Å². The van der Waals surface area contributed by atoms with Crippen LogP contribution in [0.1, 0.15) is 17.0 Å². The van der Waals surface area contributed by atoms with Crippen LogP contribution in [0.15, 0.2) is 60.7 Å². The van der Waals surface area contributed by atoms with Crippen LogP contribution in [0.2, 0.25) is 5.02 Å². The molecule has 4 heteroatoms. The third-order valence-electron chi connectivity index (χ3n) is 4.60. The average Bonchev–Trinajstić information content (AvgIpc) is 2.61. The first-order valence-corrected chi connectivity index (χ1v) is 8.16. The van der Waals surface area contributed by atoms with Gasteiger partial charge in [0.15, 0.2) is 6.23 Å². The molecule has 0 spiro atoms. The molecular formula is C20H15ClN2O. The summed E-state index contributed by atoms with van der Waals surface area (Å²) in [5.74, 6) is 0.0302. The highest BCUT2D eigenvalue weighted by Gasteiger charge is 2.39. The number of benzene rings is 3. The van der Waals surface area contributed by atoms with Crippen molar-refractivity contribution in [2.24, 2.45) is 11.7 Å². The zero-order chi connectivity index (χ0) is 16.7. The van der Waals surface area contributed by atoms with Gasteiger partial charge in [-0.05, 0) is 17.0 Å². The Kier molecular flexibility index (Phi) is 3.65. The normalized spacial score (nSPS) is 22.5. The number of halogens is 1. The number of hydrogen-bond donors (Lipinski definition) is 1. The molecule has 1 aliphatic rings. The average molecular weight is 335 g/mol. The Bertz CT molecular complexity index is 963. The van der Waals surface area contributed by atoms with Crippen LogP contribution in [-0.4, -0.2) is 6.23 Å². The van der Waals surface area contributed by atoms with E-state index in [0.29, 0.717) is 5.02 Å². The van der Waals surface area contributed by atoms with Gasteiger partial charge in [0.25, 0.3) is 0 Å². The Labute approximate surface area is 145 Å². The number of nitrogens with two attached hydrogens (primary N) is 1. The number of ether oxygens (including phenoxy) is 1. The highest BCUT2D eigenvalue weighted by atomic mass is 35.5. The van der Waals surface area contributed by atoms with Crippen LogP contribution in [0.5, 0.6) is 5.75 Å². The van der Waals surface area contributed by atoms with Crippen LogP contribution >= 0.6 is 11.6 Å². The highest BCUT2D eigenvalue weighted by Crippen LogP contribution is 2.47. The van der Waals surface area contributed by atoms with Crippen molar-refractivity contribution >= 4 is 22.4 Å². The number of nitriles is 1. The molecule has 0 amide bonds. The van der Waals surface area contributed by atoms with Crippen LogP contribution in [0.3, 0.4) is 0 Å². The second-order valence-electron chi connectivity index (χ2n) is 5.94. The fourth-order valence-electron chi connectivity index (χ4n) is 3.47. The maximum Gasteiger partial charge on any atom is 0.164 e. The van der Waals surface area contributed by atoms with E-state index in [1.165, 1.54) is 0 Å². The Morgan fingerprint density at radius 2 is 1.71 bits per heavy atom. The first kappa shape index (κ1) is 15.0. The van der Waals surface area contributed by atoms with Crippen molar-refractivity contribution in [2.75, 3.05) is 0 Å². The monoisotopic (exact) mass is 334 g/mol. The molecule has 1 aliphatic heterocycles. The van der Waals surface area contributed by atoms with Gasteiger partial charge in [-0.15, -0.1) is 0 Å². The zero-order valence-electron chi connectivity index (χ0n) is 12.8. The van der Waals surface area contributed by atoms with Gasteiger partial charge in [0.1, 0.15) is 11.7 Å². The summed E-state index contributed by atoms with van der Waals surface area (Å²) in [4.78, 5) is 0. The fourth-order valence-corrected chi connectivity index (χ4v) is 3.72. The van der Waals surface area contributed by atoms with Gasteiger partial charge in [-0.2, -0.15) is 5.26 Å². The van der Waals surface area contributed by atoms with E-state index < -0.39 is 12.1 Å².